The van der Waals surface area contributed by atoms with E-state index < -0.39 is 0 Å². The van der Waals surface area contributed by atoms with Gasteiger partial charge < -0.3 is 10.1 Å². The summed E-state index contributed by atoms with van der Waals surface area (Å²) in [6, 6.07) is 13.9. The highest BCUT2D eigenvalue weighted by molar-refractivity contribution is 7.99. The Morgan fingerprint density at radius 2 is 2.10 bits per heavy atom. The zero-order chi connectivity index (χ0) is 20.6. The van der Waals surface area contributed by atoms with Crippen molar-refractivity contribution in [2.75, 3.05) is 12.9 Å². The molecule has 0 aliphatic heterocycles. The molecule has 1 aromatic heterocycles. The molecule has 0 aliphatic carbocycles. The Balaban J connectivity index is 1.64. The number of ether oxygens (including phenoxy) is 1. The van der Waals surface area contributed by atoms with Gasteiger partial charge in [-0.3, -0.25) is 9.36 Å². The number of rotatable bonds is 9. The van der Waals surface area contributed by atoms with Crippen LogP contribution in [0, 0.1) is 5.82 Å². The summed E-state index contributed by atoms with van der Waals surface area (Å²) < 4.78 is 21.1. The molecule has 1 N–H and O–H groups in total. The van der Waals surface area contributed by atoms with Crippen LogP contribution in [0.3, 0.4) is 0 Å². The van der Waals surface area contributed by atoms with E-state index >= 15 is 0 Å². The molecule has 0 saturated heterocycles. The molecule has 3 aromatic rings. The maximum Gasteiger partial charge on any atom is 0.230 e. The van der Waals surface area contributed by atoms with Crippen LogP contribution in [0.2, 0.25) is 0 Å². The summed E-state index contributed by atoms with van der Waals surface area (Å²) in [6.45, 7) is 4.54. The lowest BCUT2D eigenvalue weighted by molar-refractivity contribution is -0.118. The number of benzene rings is 2. The number of carbonyl (C=O) groups excluding carboxylic acids is 1. The second kappa shape index (κ2) is 9.88. The average Bonchev–Trinajstić information content (AvgIpc) is 3.14. The van der Waals surface area contributed by atoms with Gasteiger partial charge in [-0.1, -0.05) is 42.1 Å². The first-order valence-electron chi connectivity index (χ1n) is 8.93. The molecule has 0 saturated carbocycles. The Bertz CT molecular complexity index is 1010. The van der Waals surface area contributed by atoms with E-state index in [4.69, 9.17) is 4.74 Å². The van der Waals surface area contributed by atoms with Crippen molar-refractivity contribution in [3.05, 3.63) is 72.6 Å². The molecular weight excluding hydrogens is 391 g/mol. The smallest absolute Gasteiger partial charge is 0.230 e. The lowest BCUT2D eigenvalue weighted by Crippen LogP contribution is -2.24. The van der Waals surface area contributed by atoms with Crippen LogP contribution in [-0.4, -0.2) is 33.5 Å². The summed E-state index contributed by atoms with van der Waals surface area (Å²) in [4.78, 5) is 12.2. The van der Waals surface area contributed by atoms with Crippen LogP contribution in [0.25, 0.3) is 11.4 Å². The summed E-state index contributed by atoms with van der Waals surface area (Å²) in [5.41, 5.74) is 1.30. The molecule has 3 rings (SSSR count). The second-order valence-electron chi connectivity index (χ2n) is 6.10. The van der Waals surface area contributed by atoms with Crippen molar-refractivity contribution in [2.24, 2.45) is 0 Å². The van der Waals surface area contributed by atoms with E-state index in [2.05, 4.69) is 22.1 Å². The lowest BCUT2D eigenvalue weighted by atomic mass is 10.2. The van der Waals surface area contributed by atoms with Gasteiger partial charge in [0, 0.05) is 13.1 Å². The molecule has 1 heterocycles. The van der Waals surface area contributed by atoms with Gasteiger partial charge in [0.15, 0.2) is 11.0 Å². The SMILES string of the molecule is C=CCn1c(SCC(=O)NCc2cccc(OC)c2)nnc1-c1ccccc1F. The zero-order valence-electron chi connectivity index (χ0n) is 16.0. The minimum absolute atomic E-state index is 0.140. The number of methoxy groups -OCH3 is 1. The van der Waals surface area contributed by atoms with E-state index in [0.717, 1.165) is 11.3 Å². The fourth-order valence-corrected chi connectivity index (χ4v) is 3.47. The second-order valence-corrected chi connectivity index (χ2v) is 7.04. The fourth-order valence-electron chi connectivity index (χ4n) is 2.70. The molecule has 0 radical (unpaired) electrons. The number of nitrogens with one attached hydrogen (secondary N) is 1. The highest BCUT2D eigenvalue weighted by Crippen LogP contribution is 2.26. The van der Waals surface area contributed by atoms with Crippen molar-refractivity contribution in [2.45, 2.75) is 18.2 Å². The Labute approximate surface area is 172 Å². The summed E-state index contributed by atoms with van der Waals surface area (Å²) in [5.74, 6) is 0.791. The molecule has 0 fully saturated rings. The highest BCUT2D eigenvalue weighted by atomic mass is 32.2. The summed E-state index contributed by atoms with van der Waals surface area (Å²) >= 11 is 1.24. The molecule has 0 spiro atoms. The van der Waals surface area contributed by atoms with E-state index in [1.807, 2.05) is 24.3 Å². The van der Waals surface area contributed by atoms with Gasteiger partial charge in [-0.05, 0) is 29.8 Å². The highest BCUT2D eigenvalue weighted by Gasteiger charge is 2.17. The van der Waals surface area contributed by atoms with Crippen LogP contribution in [0.5, 0.6) is 5.75 Å². The molecule has 0 atom stereocenters. The minimum Gasteiger partial charge on any atom is -0.497 e. The van der Waals surface area contributed by atoms with E-state index in [0.29, 0.717) is 29.6 Å². The third-order valence-electron chi connectivity index (χ3n) is 4.10. The van der Waals surface area contributed by atoms with Gasteiger partial charge in [-0.25, -0.2) is 4.39 Å². The average molecular weight is 412 g/mol. The molecule has 150 valence electrons. The Morgan fingerprint density at radius 1 is 1.28 bits per heavy atom. The number of halogens is 1. The van der Waals surface area contributed by atoms with E-state index in [1.54, 1.807) is 36.0 Å². The number of aromatic nitrogens is 3. The van der Waals surface area contributed by atoms with Crippen LogP contribution in [0.1, 0.15) is 5.56 Å². The van der Waals surface area contributed by atoms with Crippen molar-refractivity contribution >= 4 is 17.7 Å². The first-order chi connectivity index (χ1) is 14.1. The number of hydrogen-bond donors (Lipinski definition) is 1. The van der Waals surface area contributed by atoms with Crippen molar-refractivity contribution in [1.82, 2.24) is 20.1 Å². The fraction of sp³-hybridized carbons (Fsp3) is 0.190. The van der Waals surface area contributed by atoms with Crippen molar-refractivity contribution in [3.63, 3.8) is 0 Å². The lowest BCUT2D eigenvalue weighted by Gasteiger charge is -2.09. The molecule has 2 aromatic carbocycles. The molecule has 0 aliphatic rings. The van der Waals surface area contributed by atoms with Gasteiger partial charge in [0.2, 0.25) is 5.91 Å². The van der Waals surface area contributed by atoms with Gasteiger partial charge in [0.25, 0.3) is 0 Å². The van der Waals surface area contributed by atoms with Crippen LogP contribution in [0.4, 0.5) is 4.39 Å². The van der Waals surface area contributed by atoms with E-state index in [-0.39, 0.29) is 17.5 Å². The monoisotopic (exact) mass is 412 g/mol. The first-order valence-corrected chi connectivity index (χ1v) is 9.92. The number of thioether (sulfide) groups is 1. The quantitative estimate of drug-likeness (QED) is 0.429. The standard InChI is InChI=1S/C21H21FN4O2S/c1-3-11-26-20(17-9-4-5-10-18(17)22)24-25-21(26)29-14-19(27)23-13-15-7-6-8-16(12-15)28-2/h3-10,12H,1,11,13-14H2,2H3,(H,23,27). The molecule has 1 amide bonds. The van der Waals surface area contributed by atoms with Crippen LogP contribution >= 0.6 is 11.8 Å². The molecule has 0 bridgehead atoms. The van der Waals surface area contributed by atoms with Crippen molar-refractivity contribution < 1.29 is 13.9 Å². The zero-order valence-corrected chi connectivity index (χ0v) is 16.8. The van der Waals surface area contributed by atoms with Gasteiger partial charge >= 0.3 is 0 Å². The number of allylic oxidation sites excluding steroid dienone is 1. The maximum absolute atomic E-state index is 14.1. The van der Waals surface area contributed by atoms with Crippen LogP contribution in [-0.2, 0) is 17.9 Å². The van der Waals surface area contributed by atoms with Crippen molar-refractivity contribution in [1.29, 1.82) is 0 Å². The van der Waals surface area contributed by atoms with Gasteiger partial charge in [0.1, 0.15) is 11.6 Å². The van der Waals surface area contributed by atoms with E-state index in [1.165, 1.54) is 17.8 Å². The minimum atomic E-state index is -0.377. The van der Waals surface area contributed by atoms with Crippen LogP contribution in [0.15, 0.2) is 66.3 Å². The predicted molar refractivity (Wildman–Crippen MR) is 111 cm³/mol. The topological polar surface area (TPSA) is 69.0 Å². The Hall–Kier alpha value is -3.13. The molecule has 8 heteroatoms. The van der Waals surface area contributed by atoms with Crippen LogP contribution < -0.4 is 10.1 Å². The van der Waals surface area contributed by atoms with Crippen molar-refractivity contribution in [3.8, 4) is 17.1 Å². The largest absolute Gasteiger partial charge is 0.497 e. The number of amides is 1. The molecule has 6 nitrogen and oxygen atoms in total. The molecular formula is C21H21FN4O2S. The number of nitrogens with zero attached hydrogens (tertiary/aromatic N) is 3. The predicted octanol–water partition coefficient (Wildman–Crippen LogP) is 3.69. The molecule has 0 unspecified atom stereocenters. The van der Waals surface area contributed by atoms with Gasteiger partial charge in [-0.15, -0.1) is 16.8 Å². The maximum atomic E-state index is 14.1. The number of carbonyl (C=O) groups is 1. The first kappa shape index (κ1) is 20.6. The number of hydrogen-bond acceptors (Lipinski definition) is 5. The molecule has 29 heavy (non-hydrogen) atoms. The summed E-state index contributed by atoms with van der Waals surface area (Å²) in [6.07, 6.45) is 1.68. The third kappa shape index (κ3) is 5.23. The normalized spacial score (nSPS) is 10.6. The summed E-state index contributed by atoms with van der Waals surface area (Å²) in [7, 11) is 1.60. The van der Waals surface area contributed by atoms with E-state index in [9.17, 15) is 9.18 Å². The Morgan fingerprint density at radius 3 is 2.86 bits per heavy atom. The van der Waals surface area contributed by atoms with Gasteiger partial charge in [0.05, 0.1) is 18.4 Å². The summed E-state index contributed by atoms with van der Waals surface area (Å²) in [5, 5.41) is 11.6. The van der Waals surface area contributed by atoms with Gasteiger partial charge in [-0.2, -0.15) is 0 Å². The third-order valence-corrected chi connectivity index (χ3v) is 5.07. The Kier molecular flexibility index (Phi) is 7.02.